The smallest absolute Gasteiger partial charge is 0.300 e. The fourth-order valence-corrected chi connectivity index (χ4v) is 2.04. The number of hydrogen-bond donors (Lipinski definition) is 0. The summed E-state index contributed by atoms with van der Waals surface area (Å²) in [5.74, 6) is -0.0583. The van der Waals surface area contributed by atoms with E-state index in [-0.39, 0.29) is 30.0 Å². The summed E-state index contributed by atoms with van der Waals surface area (Å²) < 4.78 is 1.30. The van der Waals surface area contributed by atoms with Crippen molar-refractivity contribution in [2.24, 2.45) is 7.05 Å². The monoisotopic (exact) mass is 220 g/mol. The Morgan fingerprint density at radius 2 is 2.31 bits per heavy atom. The molecule has 16 heavy (non-hydrogen) atoms. The van der Waals surface area contributed by atoms with Gasteiger partial charge in [-0.3, -0.25) is 19.6 Å². The van der Waals surface area contributed by atoms with E-state index in [4.69, 9.17) is 5.26 Å². The van der Waals surface area contributed by atoms with Gasteiger partial charge < -0.3 is 0 Å². The number of nitrogens with zero attached hydrogens (tertiary/aromatic N) is 4. The quantitative estimate of drug-likeness (QED) is 0.532. The molecule has 2 rings (SSSR count). The van der Waals surface area contributed by atoms with Crippen molar-refractivity contribution in [1.82, 2.24) is 9.78 Å². The molecule has 7 heteroatoms. The molecule has 0 unspecified atom stereocenters. The van der Waals surface area contributed by atoms with E-state index in [0.29, 0.717) is 0 Å². The van der Waals surface area contributed by atoms with Gasteiger partial charge in [0.05, 0.1) is 11.0 Å². The van der Waals surface area contributed by atoms with Gasteiger partial charge in [0.25, 0.3) is 0 Å². The van der Waals surface area contributed by atoms with Gasteiger partial charge in [0.1, 0.15) is 23.1 Å². The first-order valence-electron chi connectivity index (χ1n) is 4.60. The highest BCUT2D eigenvalue weighted by molar-refractivity contribution is 5.90. The maximum Gasteiger partial charge on any atom is 0.311 e. The van der Waals surface area contributed by atoms with Crippen molar-refractivity contribution < 1.29 is 9.72 Å². The molecule has 0 aliphatic heterocycles. The van der Waals surface area contributed by atoms with E-state index in [2.05, 4.69) is 5.10 Å². The summed E-state index contributed by atoms with van der Waals surface area (Å²) in [6.45, 7) is 0. The Morgan fingerprint density at radius 3 is 2.75 bits per heavy atom. The highest BCUT2D eigenvalue weighted by atomic mass is 16.6. The average Bonchev–Trinajstić information content (AvgIpc) is 2.55. The number of nitro groups is 1. The van der Waals surface area contributed by atoms with Gasteiger partial charge >= 0.3 is 5.69 Å². The molecule has 0 atom stereocenters. The highest BCUT2D eigenvalue weighted by Crippen LogP contribution is 2.43. The van der Waals surface area contributed by atoms with Gasteiger partial charge in [-0.1, -0.05) is 0 Å². The van der Waals surface area contributed by atoms with Crippen molar-refractivity contribution in [1.29, 1.82) is 5.26 Å². The molecular weight excluding hydrogens is 212 g/mol. The molecule has 1 aliphatic rings. The van der Waals surface area contributed by atoms with Crippen LogP contribution in [0.2, 0.25) is 0 Å². The van der Waals surface area contributed by atoms with Crippen LogP contribution in [-0.2, 0) is 17.3 Å². The molecule has 1 fully saturated rings. The van der Waals surface area contributed by atoms with Crippen molar-refractivity contribution in [2.75, 3.05) is 0 Å². The molecule has 0 aromatic carbocycles. The van der Waals surface area contributed by atoms with E-state index in [1.54, 1.807) is 0 Å². The van der Waals surface area contributed by atoms with Crippen LogP contribution in [0.15, 0.2) is 6.20 Å². The lowest BCUT2D eigenvalue weighted by molar-refractivity contribution is -0.386. The molecule has 82 valence electrons. The molecular formula is C9H8N4O3. The Hall–Kier alpha value is -2.23. The SMILES string of the molecule is Cn1ncc([N+](=O)[O-])c1C1(C#N)CC(=O)C1. The van der Waals surface area contributed by atoms with Crippen molar-refractivity contribution in [2.45, 2.75) is 18.3 Å². The third-order valence-electron chi connectivity index (χ3n) is 2.78. The minimum Gasteiger partial charge on any atom is -0.300 e. The van der Waals surface area contributed by atoms with E-state index >= 15 is 0 Å². The van der Waals surface area contributed by atoms with Gasteiger partial charge in [0.2, 0.25) is 0 Å². The lowest BCUT2D eigenvalue weighted by atomic mass is 9.66. The summed E-state index contributed by atoms with van der Waals surface area (Å²) in [5.41, 5.74) is -1.04. The van der Waals surface area contributed by atoms with Crippen LogP contribution in [0.3, 0.4) is 0 Å². The maximum atomic E-state index is 11.0. The third kappa shape index (κ3) is 1.20. The molecule has 7 nitrogen and oxygen atoms in total. The van der Waals surface area contributed by atoms with Crippen molar-refractivity contribution in [3.63, 3.8) is 0 Å². The molecule has 0 amide bonds. The fraction of sp³-hybridized carbons (Fsp3) is 0.444. The number of carbonyl (C=O) groups excluding carboxylic acids is 1. The third-order valence-corrected chi connectivity index (χ3v) is 2.78. The number of Topliss-reactive ketones (excluding diaryl/α,β-unsaturated/α-hetero) is 1. The molecule has 0 radical (unpaired) electrons. The Morgan fingerprint density at radius 1 is 1.69 bits per heavy atom. The number of rotatable bonds is 2. The number of hydrogen-bond acceptors (Lipinski definition) is 5. The standard InChI is InChI=1S/C9H8N4O3/c1-12-8(7(4-11-12)13(15)16)9(5-10)2-6(14)3-9/h4H,2-3H2,1H3. The summed E-state index contributed by atoms with van der Waals surface area (Å²) >= 11 is 0. The summed E-state index contributed by atoms with van der Waals surface area (Å²) in [6.07, 6.45) is 1.17. The Kier molecular flexibility index (Phi) is 2.01. The zero-order chi connectivity index (χ0) is 11.9. The summed E-state index contributed by atoms with van der Waals surface area (Å²) in [5, 5.41) is 23.6. The van der Waals surface area contributed by atoms with E-state index in [9.17, 15) is 14.9 Å². The Labute approximate surface area is 90.4 Å². The van der Waals surface area contributed by atoms with Gasteiger partial charge in [-0.25, -0.2) is 0 Å². The molecule has 0 bridgehead atoms. The van der Waals surface area contributed by atoms with Gasteiger partial charge in [0.15, 0.2) is 0 Å². The van der Waals surface area contributed by atoms with Crippen LogP contribution in [-0.4, -0.2) is 20.5 Å². The van der Waals surface area contributed by atoms with Crippen LogP contribution in [0.5, 0.6) is 0 Å². The second-order valence-electron chi connectivity index (χ2n) is 3.85. The van der Waals surface area contributed by atoms with Crippen molar-refractivity contribution >= 4 is 11.5 Å². The van der Waals surface area contributed by atoms with Gasteiger partial charge in [-0.05, 0) is 0 Å². The molecule has 1 aliphatic carbocycles. The first-order chi connectivity index (χ1) is 7.50. The predicted octanol–water partition coefficient (Wildman–Crippen LogP) is 0.453. The Bertz CT molecular complexity index is 517. The number of carbonyl (C=O) groups is 1. The van der Waals surface area contributed by atoms with Crippen LogP contribution in [0, 0.1) is 21.4 Å². The van der Waals surface area contributed by atoms with Crippen LogP contribution in [0.4, 0.5) is 5.69 Å². The Balaban J connectivity index is 2.55. The number of aryl methyl sites for hydroxylation is 1. The van der Waals surface area contributed by atoms with Crippen molar-refractivity contribution in [3.8, 4) is 6.07 Å². The number of ketones is 1. The summed E-state index contributed by atoms with van der Waals surface area (Å²) in [7, 11) is 1.53. The lowest BCUT2D eigenvalue weighted by Crippen LogP contribution is -2.42. The topological polar surface area (TPSA) is 102 Å². The van der Waals surface area contributed by atoms with Crippen LogP contribution in [0.1, 0.15) is 18.5 Å². The van der Waals surface area contributed by atoms with Gasteiger partial charge in [-0.15, -0.1) is 0 Å². The molecule has 1 aromatic rings. The first kappa shape index (κ1) is 10.3. The predicted molar refractivity (Wildman–Crippen MR) is 51.4 cm³/mol. The zero-order valence-corrected chi connectivity index (χ0v) is 8.51. The fourth-order valence-electron chi connectivity index (χ4n) is 2.04. The minimum absolute atomic E-state index is 0.0316. The maximum absolute atomic E-state index is 11.0. The van der Waals surface area contributed by atoms with Crippen LogP contribution >= 0.6 is 0 Å². The molecule has 0 N–H and O–H groups in total. The number of nitriles is 1. The van der Waals surface area contributed by atoms with E-state index in [1.165, 1.54) is 11.7 Å². The minimum atomic E-state index is -1.06. The van der Waals surface area contributed by atoms with Gasteiger partial charge in [-0.2, -0.15) is 10.4 Å². The molecule has 1 aromatic heterocycles. The zero-order valence-electron chi connectivity index (χ0n) is 8.51. The average molecular weight is 220 g/mol. The van der Waals surface area contributed by atoms with Crippen LogP contribution in [0.25, 0.3) is 0 Å². The van der Waals surface area contributed by atoms with Gasteiger partial charge in [0, 0.05) is 19.9 Å². The largest absolute Gasteiger partial charge is 0.311 e. The molecule has 0 saturated heterocycles. The lowest BCUT2D eigenvalue weighted by Gasteiger charge is -2.32. The van der Waals surface area contributed by atoms with Crippen LogP contribution < -0.4 is 0 Å². The second-order valence-corrected chi connectivity index (χ2v) is 3.85. The number of aromatic nitrogens is 2. The highest BCUT2D eigenvalue weighted by Gasteiger charge is 2.51. The molecule has 1 saturated carbocycles. The molecule has 0 spiro atoms. The second kappa shape index (κ2) is 3.13. The van der Waals surface area contributed by atoms with E-state index in [0.717, 1.165) is 6.20 Å². The normalized spacial score (nSPS) is 17.6. The molecule has 1 heterocycles. The summed E-state index contributed by atoms with van der Waals surface area (Å²) in [4.78, 5) is 21.2. The summed E-state index contributed by atoms with van der Waals surface area (Å²) in [6, 6.07) is 2.00. The van der Waals surface area contributed by atoms with Crippen molar-refractivity contribution in [3.05, 3.63) is 22.0 Å². The van der Waals surface area contributed by atoms with E-state index in [1.807, 2.05) is 6.07 Å². The van der Waals surface area contributed by atoms with E-state index < -0.39 is 10.3 Å². The first-order valence-corrected chi connectivity index (χ1v) is 4.60.